The second-order valence-corrected chi connectivity index (χ2v) is 8.91. The Morgan fingerprint density at radius 1 is 1.12 bits per heavy atom. The maximum Gasteiger partial charge on any atom is 0.349 e. The highest BCUT2D eigenvalue weighted by Gasteiger charge is 2.44. The maximum absolute atomic E-state index is 15.0. The summed E-state index contributed by atoms with van der Waals surface area (Å²) in [7, 11) is 0. The third-order valence-electron chi connectivity index (χ3n) is 6.52. The molecule has 1 saturated carbocycles. The van der Waals surface area contributed by atoms with E-state index in [1.807, 2.05) is 6.07 Å². The van der Waals surface area contributed by atoms with Gasteiger partial charge in [0.2, 0.25) is 5.91 Å². The zero-order valence-corrected chi connectivity index (χ0v) is 18.4. The lowest BCUT2D eigenvalue weighted by atomic mass is 9.96. The number of aromatic nitrogens is 2. The van der Waals surface area contributed by atoms with Gasteiger partial charge in [-0.05, 0) is 48.9 Å². The Bertz CT molecular complexity index is 1280. The third-order valence-corrected chi connectivity index (χ3v) is 6.52. The van der Waals surface area contributed by atoms with Crippen molar-refractivity contribution >= 4 is 28.7 Å². The number of rotatable bonds is 5. The van der Waals surface area contributed by atoms with Crippen molar-refractivity contribution in [1.29, 1.82) is 5.26 Å². The summed E-state index contributed by atoms with van der Waals surface area (Å²) < 4.78 is 30.0. The lowest BCUT2D eigenvalue weighted by molar-refractivity contribution is -0.160. The molecule has 2 aromatic heterocycles. The van der Waals surface area contributed by atoms with Crippen molar-refractivity contribution in [3.05, 3.63) is 48.2 Å². The third kappa shape index (κ3) is 4.12. The van der Waals surface area contributed by atoms with Crippen molar-refractivity contribution in [2.45, 2.75) is 31.6 Å². The van der Waals surface area contributed by atoms with Gasteiger partial charge < -0.3 is 15.2 Å². The van der Waals surface area contributed by atoms with E-state index in [1.165, 1.54) is 12.1 Å². The highest BCUT2D eigenvalue weighted by Crippen LogP contribution is 2.36. The minimum atomic E-state index is -3.66. The predicted molar refractivity (Wildman–Crippen MR) is 122 cm³/mol. The number of halogens is 2. The number of hydrogen-bond acceptors (Lipinski definition) is 4. The first-order valence-corrected chi connectivity index (χ1v) is 11.3. The second-order valence-electron chi connectivity index (χ2n) is 8.91. The number of carbonyl (C=O) groups excluding carboxylic acids is 2. The number of carbonyl (C=O) groups is 2. The fraction of sp³-hybridized carbons (Fsp3) is 0.360. The molecule has 7 nitrogen and oxygen atoms in total. The molecule has 2 fully saturated rings. The van der Waals surface area contributed by atoms with E-state index in [9.17, 15) is 9.59 Å². The van der Waals surface area contributed by atoms with Gasteiger partial charge in [0.15, 0.2) is 0 Å². The lowest BCUT2D eigenvalue weighted by Crippen LogP contribution is -2.45. The van der Waals surface area contributed by atoms with E-state index in [2.05, 4.69) is 21.4 Å². The van der Waals surface area contributed by atoms with Gasteiger partial charge in [-0.1, -0.05) is 24.3 Å². The smallest absolute Gasteiger partial charge is 0.346 e. The number of likely N-dealkylation sites (tertiary alicyclic amines) is 1. The molecule has 0 unspecified atom stereocenters. The Morgan fingerprint density at radius 2 is 1.82 bits per heavy atom. The van der Waals surface area contributed by atoms with Gasteiger partial charge in [-0.3, -0.25) is 9.59 Å². The van der Waals surface area contributed by atoms with Crippen LogP contribution in [0.25, 0.3) is 22.2 Å². The molecule has 0 atom stereocenters. The molecule has 0 spiro atoms. The highest BCUT2D eigenvalue weighted by atomic mass is 19.3. The Kier molecular flexibility index (Phi) is 5.52. The minimum absolute atomic E-state index is 0.0225. The molecular weight excluding hydrogens is 440 g/mol. The number of hydrogen-bond donors (Lipinski definition) is 2. The maximum atomic E-state index is 15.0. The van der Waals surface area contributed by atoms with Crippen LogP contribution in [0.15, 0.2) is 42.6 Å². The molecule has 5 rings (SSSR count). The number of piperidine rings is 1. The number of amides is 2. The summed E-state index contributed by atoms with van der Waals surface area (Å²) >= 11 is 0. The molecule has 34 heavy (non-hydrogen) atoms. The van der Waals surface area contributed by atoms with Crippen LogP contribution in [0, 0.1) is 23.2 Å². The van der Waals surface area contributed by atoms with Crippen LogP contribution >= 0.6 is 0 Å². The van der Waals surface area contributed by atoms with Crippen LogP contribution in [0.1, 0.15) is 31.2 Å². The van der Waals surface area contributed by atoms with Gasteiger partial charge in [0, 0.05) is 42.1 Å². The number of alkyl halides is 2. The minimum Gasteiger partial charge on any atom is -0.346 e. The van der Waals surface area contributed by atoms with Gasteiger partial charge in [-0.2, -0.15) is 14.0 Å². The molecule has 2 aliphatic rings. The molecule has 3 aromatic rings. The quantitative estimate of drug-likeness (QED) is 0.584. The van der Waals surface area contributed by atoms with Gasteiger partial charge in [0.25, 0.3) is 5.91 Å². The topological polar surface area (TPSA) is 102 Å². The van der Waals surface area contributed by atoms with Crippen LogP contribution in [0.3, 0.4) is 0 Å². The van der Waals surface area contributed by atoms with Crippen LogP contribution in [-0.2, 0) is 15.5 Å². The van der Waals surface area contributed by atoms with Gasteiger partial charge in [0.05, 0.1) is 6.07 Å². The average Bonchev–Trinajstić information content (AvgIpc) is 3.61. The fourth-order valence-electron chi connectivity index (χ4n) is 4.31. The number of pyridine rings is 1. The summed E-state index contributed by atoms with van der Waals surface area (Å²) in [6.45, 7) is 0.311. The summed E-state index contributed by atoms with van der Waals surface area (Å²) in [5.41, 5.74) is 1.59. The van der Waals surface area contributed by atoms with Crippen molar-refractivity contribution in [1.82, 2.24) is 14.9 Å². The molecule has 1 aromatic carbocycles. The number of nitrogens with zero attached hydrogens (tertiary/aromatic N) is 3. The molecule has 1 aliphatic heterocycles. The van der Waals surface area contributed by atoms with E-state index in [-0.39, 0.29) is 36.4 Å². The number of aromatic amines is 1. The van der Waals surface area contributed by atoms with E-state index in [1.54, 1.807) is 24.4 Å². The van der Waals surface area contributed by atoms with Crippen molar-refractivity contribution < 1.29 is 18.4 Å². The van der Waals surface area contributed by atoms with Crippen LogP contribution in [0.4, 0.5) is 14.6 Å². The summed E-state index contributed by atoms with van der Waals surface area (Å²) in [5, 5.41) is 12.6. The molecular formula is C25H23F2N5O2. The summed E-state index contributed by atoms with van der Waals surface area (Å²) in [6, 6.07) is 11.3. The van der Waals surface area contributed by atoms with E-state index < -0.39 is 11.8 Å². The van der Waals surface area contributed by atoms with Crippen LogP contribution in [0.5, 0.6) is 0 Å². The van der Waals surface area contributed by atoms with Gasteiger partial charge in [-0.25, -0.2) is 4.98 Å². The standard InChI is InChI=1S/C25H23F2N5O2/c26-25(27,24(34)32-11-8-15(14-28)9-12-32)18-5-3-16(4-6-18)20-13-21(31-23(33)17-1-2-17)30-22-19(20)7-10-29-22/h3-7,10,13,15,17H,1-2,8-9,11-12H2,(H2,29,30,31,33). The first-order chi connectivity index (χ1) is 16.4. The Hall–Kier alpha value is -3.80. The normalized spacial score (nSPS) is 16.9. The fourth-order valence-corrected chi connectivity index (χ4v) is 4.31. The lowest BCUT2D eigenvalue weighted by Gasteiger charge is -2.32. The zero-order chi connectivity index (χ0) is 23.9. The largest absolute Gasteiger partial charge is 0.349 e. The zero-order valence-electron chi connectivity index (χ0n) is 18.4. The Balaban J connectivity index is 1.39. The molecule has 0 radical (unpaired) electrons. The molecule has 3 heterocycles. The van der Waals surface area contributed by atoms with Crippen LogP contribution in [-0.4, -0.2) is 39.8 Å². The molecule has 174 valence electrons. The Labute approximate surface area is 194 Å². The average molecular weight is 463 g/mol. The molecule has 2 amide bonds. The number of fused-ring (bicyclic) bond motifs is 1. The SMILES string of the molecule is N#CC1CCN(C(=O)C(F)(F)c2ccc(-c3cc(NC(=O)C4CC4)nc4[nH]ccc34)cc2)CC1. The molecule has 0 bridgehead atoms. The second kappa shape index (κ2) is 8.52. The van der Waals surface area contributed by atoms with Crippen LogP contribution < -0.4 is 5.32 Å². The monoisotopic (exact) mass is 463 g/mol. The number of anilines is 1. The molecule has 1 saturated heterocycles. The number of nitriles is 1. The molecule has 2 N–H and O–H groups in total. The van der Waals surface area contributed by atoms with Crippen molar-refractivity contribution in [2.24, 2.45) is 11.8 Å². The van der Waals surface area contributed by atoms with Crippen LogP contribution in [0.2, 0.25) is 0 Å². The Morgan fingerprint density at radius 3 is 2.47 bits per heavy atom. The summed E-state index contributed by atoms with van der Waals surface area (Å²) in [4.78, 5) is 33.4. The first-order valence-electron chi connectivity index (χ1n) is 11.3. The van der Waals surface area contributed by atoms with E-state index >= 15 is 8.78 Å². The number of nitrogens with one attached hydrogen (secondary N) is 2. The van der Waals surface area contributed by atoms with Crippen molar-refractivity contribution in [3.8, 4) is 17.2 Å². The summed E-state index contributed by atoms with van der Waals surface area (Å²) in [6.07, 6.45) is 4.28. The predicted octanol–water partition coefficient (Wildman–Crippen LogP) is 4.43. The van der Waals surface area contributed by atoms with Gasteiger partial charge in [0.1, 0.15) is 11.5 Å². The molecule has 9 heteroatoms. The molecule has 1 aliphatic carbocycles. The first kappa shape index (κ1) is 22.0. The van der Waals surface area contributed by atoms with E-state index in [0.717, 1.165) is 28.7 Å². The van der Waals surface area contributed by atoms with Gasteiger partial charge in [-0.15, -0.1) is 0 Å². The van der Waals surface area contributed by atoms with E-state index in [4.69, 9.17) is 5.26 Å². The van der Waals surface area contributed by atoms with E-state index in [0.29, 0.717) is 29.9 Å². The highest BCUT2D eigenvalue weighted by molar-refractivity contribution is 5.99. The number of benzene rings is 1. The van der Waals surface area contributed by atoms with Gasteiger partial charge >= 0.3 is 5.92 Å². The van der Waals surface area contributed by atoms with Crippen molar-refractivity contribution in [3.63, 3.8) is 0 Å². The summed E-state index contributed by atoms with van der Waals surface area (Å²) in [5.74, 6) is -4.75. The number of H-pyrrole nitrogens is 1. The van der Waals surface area contributed by atoms with Crippen molar-refractivity contribution in [2.75, 3.05) is 18.4 Å².